The first-order chi connectivity index (χ1) is 13.6. The van der Waals surface area contributed by atoms with Crippen LogP contribution in [0, 0.1) is 0 Å². The number of H-pyrrole nitrogens is 2. The molecule has 2 aliphatic rings. The molecule has 3 aromatic rings. The number of imidazole rings is 1. The summed E-state index contributed by atoms with van der Waals surface area (Å²) in [5.41, 5.74) is 1.25. The van der Waals surface area contributed by atoms with Gasteiger partial charge in [0.2, 0.25) is 5.91 Å². The third-order valence-electron chi connectivity index (χ3n) is 5.67. The van der Waals surface area contributed by atoms with Gasteiger partial charge in [0.1, 0.15) is 11.1 Å². The van der Waals surface area contributed by atoms with Gasteiger partial charge in [0.05, 0.1) is 6.04 Å². The summed E-state index contributed by atoms with van der Waals surface area (Å²) >= 11 is 0. The van der Waals surface area contributed by atoms with Gasteiger partial charge in [-0.25, -0.2) is 4.79 Å². The lowest BCUT2D eigenvalue weighted by Crippen LogP contribution is -2.42. The lowest BCUT2D eigenvalue weighted by atomic mass is 9.73. The van der Waals surface area contributed by atoms with Crippen molar-refractivity contribution in [1.29, 1.82) is 0 Å². The van der Waals surface area contributed by atoms with E-state index in [2.05, 4.69) is 20.3 Å². The van der Waals surface area contributed by atoms with Crippen LogP contribution in [0.15, 0.2) is 59.8 Å². The second-order valence-electron chi connectivity index (χ2n) is 7.06. The van der Waals surface area contributed by atoms with Crippen molar-refractivity contribution in [3.8, 4) is 0 Å². The molecule has 2 aromatic heterocycles. The summed E-state index contributed by atoms with van der Waals surface area (Å²) in [6.45, 7) is 0.382. The quantitative estimate of drug-likeness (QED) is 0.631. The number of rotatable bonds is 2. The van der Waals surface area contributed by atoms with Crippen molar-refractivity contribution < 1.29 is 9.59 Å². The number of carbonyl (C=O) groups excluding carboxylic acids is 2. The number of amides is 2. The van der Waals surface area contributed by atoms with Crippen molar-refractivity contribution in [2.75, 3.05) is 11.9 Å². The minimum Gasteiger partial charge on any atom is -0.329 e. The molecule has 5 rings (SSSR count). The maximum atomic E-state index is 13.2. The first-order valence-corrected chi connectivity index (χ1v) is 9.01. The molecule has 28 heavy (non-hydrogen) atoms. The summed E-state index contributed by atoms with van der Waals surface area (Å²) in [5.74, 6) is -0.457. The molecule has 4 heterocycles. The fourth-order valence-corrected chi connectivity index (χ4v) is 4.51. The fraction of sp³-hybridized carbons (Fsp3) is 0.200. The number of likely N-dealkylation sites (tertiary alicyclic amines) is 1. The van der Waals surface area contributed by atoms with E-state index in [1.54, 1.807) is 23.4 Å². The predicted molar refractivity (Wildman–Crippen MR) is 101 cm³/mol. The second kappa shape index (κ2) is 5.91. The molecule has 1 aromatic carbocycles. The number of para-hydroxylation sites is 1. The molecule has 140 valence electrons. The molecular weight excluding hydrogens is 358 g/mol. The van der Waals surface area contributed by atoms with Gasteiger partial charge >= 0.3 is 5.69 Å². The summed E-state index contributed by atoms with van der Waals surface area (Å²) in [6.07, 6.45) is 5.18. The molecule has 2 aliphatic heterocycles. The minimum atomic E-state index is -0.897. The lowest BCUT2D eigenvalue weighted by molar-refractivity contribution is -0.121. The second-order valence-corrected chi connectivity index (χ2v) is 7.06. The number of hydrogen-bond acceptors (Lipinski definition) is 4. The van der Waals surface area contributed by atoms with E-state index in [1.807, 2.05) is 30.3 Å². The van der Waals surface area contributed by atoms with E-state index in [1.165, 1.54) is 6.20 Å². The van der Waals surface area contributed by atoms with Crippen LogP contribution < -0.4 is 11.0 Å². The van der Waals surface area contributed by atoms with Gasteiger partial charge in [0.15, 0.2) is 0 Å². The number of nitrogens with one attached hydrogen (secondary N) is 3. The van der Waals surface area contributed by atoms with Gasteiger partial charge in [0.25, 0.3) is 5.91 Å². The van der Waals surface area contributed by atoms with Gasteiger partial charge in [0, 0.05) is 30.8 Å². The van der Waals surface area contributed by atoms with Gasteiger partial charge in [-0.05, 0) is 29.7 Å². The smallest absolute Gasteiger partial charge is 0.323 e. The molecular formula is C20H17N5O3. The molecule has 2 amide bonds. The average Bonchev–Trinajstić information content (AvgIpc) is 3.40. The molecule has 1 spiro atoms. The van der Waals surface area contributed by atoms with E-state index in [-0.39, 0.29) is 17.5 Å². The van der Waals surface area contributed by atoms with Crippen LogP contribution in [0.3, 0.4) is 0 Å². The van der Waals surface area contributed by atoms with Gasteiger partial charge in [-0.15, -0.1) is 0 Å². The van der Waals surface area contributed by atoms with Gasteiger partial charge in [-0.1, -0.05) is 24.3 Å². The Morgan fingerprint density at radius 2 is 2.04 bits per heavy atom. The number of nitrogens with zero attached hydrogens (tertiary/aromatic N) is 2. The highest BCUT2D eigenvalue weighted by Gasteiger charge is 2.59. The molecule has 0 saturated carbocycles. The van der Waals surface area contributed by atoms with E-state index in [4.69, 9.17) is 0 Å². The van der Waals surface area contributed by atoms with Crippen LogP contribution in [-0.4, -0.2) is 38.2 Å². The Bertz CT molecular complexity index is 1140. The molecule has 1 fully saturated rings. The molecule has 2 atom stereocenters. The maximum Gasteiger partial charge on any atom is 0.323 e. The van der Waals surface area contributed by atoms with Crippen LogP contribution in [0.5, 0.6) is 0 Å². The molecule has 8 nitrogen and oxygen atoms in total. The summed E-state index contributed by atoms with van der Waals surface area (Å²) < 4.78 is 0. The van der Waals surface area contributed by atoms with Crippen molar-refractivity contribution in [2.24, 2.45) is 0 Å². The van der Waals surface area contributed by atoms with E-state index >= 15 is 0 Å². The van der Waals surface area contributed by atoms with Crippen molar-refractivity contribution >= 4 is 17.5 Å². The van der Waals surface area contributed by atoms with E-state index in [0.717, 1.165) is 16.8 Å². The Kier molecular flexibility index (Phi) is 3.48. The summed E-state index contributed by atoms with van der Waals surface area (Å²) in [4.78, 5) is 48.7. The number of pyridine rings is 1. The Morgan fingerprint density at radius 1 is 1.18 bits per heavy atom. The third kappa shape index (κ3) is 2.17. The zero-order valence-electron chi connectivity index (χ0n) is 14.8. The standard InChI is InChI=1S/C20H17N5O3/c26-17(15-11-22-19(28)24-15)25-9-7-20(16(25)12-4-3-8-21-10-12)13-5-1-2-6-14(13)23-18(20)27/h1-6,8,10-11,16H,7,9H2,(H,23,27)(H2,22,24,28). The Balaban J connectivity index is 1.68. The predicted octanol–water partition coefficient (Wildman–Crippen LogP) is 1.58. The highest BCUT2D eigenvalue weighted by Crippen LogP contribution is 2.54. The van der Waals surface area contributed by atoms with Crippen LogP contribution in [0.4, 0.5) is 5.69 Å². The van der Waals surface area contributed by atoms with E-state index in [0.29, 0.717) is 13.0 Å². The Morgan fingerprint density at radius 3 is 2.79 bits per heavy atom. The van der Waals surface area contributed by atoms with Crippen LogP contribution >= 0.6 is 0 Å². The van der Waals surface area contributed by atoms with Gasteiger partial charge < -0.3 is 20.2 Å². The molecule has 0 aliphatic carbocycles. The van der Waals surface area contributed by atoms with Crippen LogP contribution in [0.1, 0.15) is 34.1 Å². The number of anilines is 1. The van der Waals surface area contributed by atoms with Crippen molar-refractivity contribution in [3.05, 3.63) is 82.3 Å². The molecule has 3 N–H and O–H groups in total. The summed E-state index contributed by atoms with van der Waals surface area (Å²) in [5, 5.41) is 2.97. The Hall–Kier alpha value is -3.68. The van der Waals surface area contributed by atoms with E-state index in [9.17, 15) is 14.4 Å². The van der Waals surface area contributed by atoms with Crippen molar-refractivity contribution in [2.45, 2.75) is 17.9 Å². The molecule has 8 heteroatoms. The number of aromatic nitrogens is 3. The normalized spacial score (nSPS) is 23.1. The highest BCUT2D eigenvalue weighted by molar-refractivity contribution is 6.08. The minimum absolute atomic E-state index is 0.125. The summed E-state index contributed by atoms with van der Waals surface area (Å²) in [7, 11) is 0. The third-order valence-corrected chi connectivity index (χ3v) is 5.67. The molecule has 1 saturated heterocycles. The molecule has 2 unspecified atom stereocenters. The van der Waals surface area contributed by atoms with E-state index < -0.39 is 17.1 Å². The van der Waals surface area contributed by atoms with Crippen LogP contribution in [0.2, 0.25) is 0 Å². The molecule has 0 bridgehead atoms. The van der Waals surface area contributed by atoms with Crippen molar-refractivity contribution in [1.82, 2.24) is 19.9 Å². The number of fused-ring (bicyclic) bond motifs is 2. The Labute approximate surface area is 159 Å². The molecule has 0 radical (unpaired) electrons. The zero-order valence-corrected chi connectivity index (χ0v) is 14.8. The first-order valence-electron chi connectivity index (χ1n) is 9.01. The van der Waals surface area contributed by atoms with Crippen molar-refractivity contribution in [3.63, 3.8) is 0 Å². The number of aromatic amines is 2. The first kappa shape index (κ1) is 16.5. The van der Waals surface area contributed by atoms with Crippen LogP contribution in [-0.2, 0) is 10.2 Å². The highest BCUT2D eigenvalue weighted by atomic mass is 16.2. The topological polar surface area (TPSA) is 111 Å². The largest absolute Gasteiger partial charge is 0.329 e. The lowest BCUT2D eigenvalue weighted by Gasteiger charge is -2.34. The number of carbonyl (C=O) groups is 2. The number of benzene rings is 1. The number of hydrogen-bond donors (Lipinski definition) is 3. The fourth-order valence-electron chi connectivity index (χ4n) is 4.51. The summed E-state index contributed by atoms with van der Waals surface area (Å²) in [6, 6.07) is 10.7. The van der Waals surface area contributed by atoms with Crippen LogP contribution in [0.25, 0.3) is 0 Å². The monoisotopic (exact) mass is 375 g/mol. The van der Waals surface area contributed by atoms with Gasteiger partial charge in [-0.2, -0.15) is 0 Å². The average molecular weight is 375 g/mol. The maximum absolute atomic E-state index is 13.2. The zero-order chi connectivity index (χ0) is 19.3. The SMILES string of the molecule is O=C(c1c[nH]c(=O)[nH]1)N1CCC2(C(=O)Nc3ccccc32)C1c1cccnc1. The van der Waals surface area contributed by atoms with Gasteiger partial charge in [-0.3, -0.25) is 14.6 Å².